The number of aryl methyl sites for hydroxylation is 1. The van der Waals surface area contributed by atoms with Crippen molar-refractivity contribution >= 4 is 5.78 Å². The molecule has 3 nitrogen and oxygen atoms in total. The van der Waals surface area contributed by atoms with Crippen molar-refractivity contribution in [2.24, 2.45) is 0 Å². The van der Waals surface area contributed by atoms with Crippen LogP contribution < -0.4 is 10.1 Å². The smallest absolute Gasteiger partial charge is 0.176 e. The topological polar surface area (TPSA) is 38.3 Å². The molecule has 0 aliphatic rings. The maximum Gasteiger partial charge on any atom is 0.176 e. The summed E-state index contributed by atoms with van der Waals surface area (Å²) in [6, 6.07) is 12.4. The molecule has 110 valence electrons. The van der Waals surface area contributed by atoms with Crippen molar-refractivity contribution in [1.82, 2.24) is 5.32 Å². The van der Waals surface area contributed by atoms with Crippen molar-refractivity contribution in [1.29, 1.82) is 0 Å². The van der Waals surface area contributed by atoms with E-state index in [1.165, 1.54) is 6.07 Å². The third-order valence-corrected chi connectivity index (χ3v) is 3.11. The molecule has 4 heteroatoms. The summed E-state index contributed by atoms with van der Waals surface area (Å²) in [5.74, 6) is -0.459. The number of hydrogen-bond acceptors (Lipinski definition) is 3. The lowest BCUT2D eigenvalue weighted by molar-refractivity contribution is 0.0993. The van der Waals surface area contributed by atoms with Crippen LogP contribution in [0.25, 0.3) is 0 Å². The van der Waals surface area contributed by atoms with Crippen molar-refractivity contribution in [3.63, 3.8) is 0 Å². The van der Waals surface area contributed by atoms with E-state index in [1.807, 2.05) is 30.3 Å². The van der Waals surface area contributed by atoms with Crippen molar-refractivity contribution in [2.75, 3.05) is 13.6 Å². The minimum absolute atomic E-state index is 0.144. The van der Waals surface area contributed by atoms with E-state index in [4.69, 9.17) is 4.74 Å². The van der Waals surface area contributed by atoms with Crippen LogP contribution in [-0.2, 0) is 6.61 Å². The van der Waals surface area contributed by atoms with Crippen molar-refractivity contribution in [2.45, 2.75) is 13.5 Å². The summed E-state index contributed by atoms with van der Waals surface area (Å²) in [7, 11) is 1.68. The van der Waals surface area contributed by atoms with Crippen LogP contribution in [0.3, 0.4) is 0 Å². The molecule has 2 aromatic rings. The fourth-order valence-electron chi connectivity index (χ4n) is 2.07. The zero-order valence-electron chi connectivity index (χ0n) is 12.2. The highest BCUT2D eigenvalue weighted by atomic mass is 19.1. The number of halogens is 1. The molecular formula is C17H18FNO2. The standard InChI is InChI=1S/C17H18FNO2/c1-12-8-14(16(20)10-19-2)9-15(18)17(12)21-11-13-6-4-3-5-7-13/h3-9,19H,10-11H2,1-2H3. The molecule has 0 amide bonds. The first-order valence-electron chi connectivity index (χ1n) is 6.76. The van der Waals surface area contributed by atoms with Crippen LogP contribution in [0.2, 0.25) is 0 Å². The van der Waals surface area contributed by atoms with Gasteiger partial charge in [-0.1, -0.05) is 30.3 Å². The van der Waals surface area contributed by atoms with Gasteiger partial charge in [-0.3, -0.25) is 4.79 Å². The molecule has 0 aliphatic carbocycles. The van der Waals surface area contributed by atoms with Gasteiger partial charge in [0.2, 0.25) is 0 Å². The number of carbonyl (C=O) groups excluding carboxylic acids is 1. The van der Waals surface area contributed by atoms with Gasteiger partial charge in [-0.15, -0.1) is 0 Å². The minimum atomic E-state index is -0.509. The number of hydrogen-bond donors (Lipinski definition) is 1. The van der Waals surface area contributed by atoms with E-state index < -0.39 is 5.82 Å². The lowest BCUT2D eigenvalue weighted by atomic mass is 10.1. The fraction of sp³-hybridized carbons (Fsp3) is 0.235. The van der Waals surface area contributed by atoms with Gasteiger partial charge in [-0.25, -0.2) is 4.39 Å². The van der Waals surface area contributed by atoms with E-state index in [2.05, 4.69) is 5.32 Å². The highest BCUT2D eigenvalue weighted by Gasteiger charge is 2.13. The van der Waals surface area contributed by atoms with Gasteiger partial charge in [0.05, 0.1) is 6.54 Å². The van der Waals surface area contributed by atoms with E-state index in [1.54, 1.807) is 20.0 Å². The molecule has 0 spiro atoms. The number of benzene rings is 2. The second kappa shape index (κ2) is 6.99. The molecule has 0 saturated carbocycles. The Morgan fingerprint density at radius 1 is 1.24 bits per heavy atom. The molecule has 0 unspecified atom stereocenters. The molecule has 0 fully saturated rings. The van der Waals surface area contributed by atoms with Gasteiger partial charge in [-0.05, 0) is 37.2 Å². The molecule has 21 heavy (non-hydrogen) atoms. The van der Waals surface area contributed by atoms with E-state index >= 15 is 0 Å². The van der Waals surface area contributed by atoms with Gasteiger partial charge < -0.3 is 10.1 Å². The number of ether oxygens (including phenoxy) is 1. The minimum Gasteiger partial charge on any atom is -0.486 e. The van der Waals surface area contributed by atoms with Crippen LogP contribution >= 0.6 is 0 Å². The van der Waals surface area contributed by atoms with E-state index in [9.17, 15) is 9.18 Å². The van der Waals surface area contributed by atoms with Crippen LogP contribution in [0.15, 0.2) is 42.5 Å². The van der Waals surface area contributed by atoms with E-state index in [0.717, 1.165) is 5.56 Å². The second-order valence-corrected chi connectivity index (χ2v) is 4.83. The van der Waals surface area contributed by atoms with Gasteiger partial charge in [-0.2, -0.15) is 0 Å². The Morgan fingerprint density at radius 2 is 1.95 bits per heavy atom. The molecule has 2 aromatic carbocycles. The predicted octanol–water partition coefficient (Wildman–Crippen LogP) is 3.12. The first-order valence-corrected chi connectivity index (χ1v) is 6.76. The van der Waals surface area contributed by atoms with Crippen LogP contribution in [0.1, 0.15) is 21.5 Å². The Hall–Kier alpha value is -2.20. The normalized spacial score (nSPS) is 10.4. The first-order chi connectivity index (χ1) is 10.1. The van der Waals surface area contributed by atoms with Crippen molar-refractivity contribution in [3.05, 3.63) is 65.0 Å². The molecule has 0 heterocycles. The highest BCUT2D eigenvalue weighted by Crippen LogP contribution is 2.25. The third-order valence-electron chi connectivity index (χ3n) is 3.11. The summed E-state index contributed by atoms with van der Waals surface area (Å²) < 4.78 is 19.7. The van der Waals surface area contributed by atoms with E-state index in [-0.39, 0.29) is 18.1 Å². The lowest BCUT2D eigenvalue weighted by Crippen LogP contribution is -2.19. The number of nitrogens with one attached hydrogen (secondary N) is 1. The summed E-state index contributed by atoms with van der Waals surface area (Å²) in [4.78, 5) is 11.8. The number of rotatable bonds is 6. The molecule has 1 N–H and O–H groups in total. The van der Waals surface area contributed by atoms with Crippen molar-refractivity contribution < 1.29 is 13.9 Å². The molecule has 0 atom stereocenters. The average molecular weight is 287 g/mol. The van der Waals surface area contributed by atoms with Crippen molar-refractivity contribution in [3.8, 4) is 5.75 Å². The van der Waals surface area contributed by atoms with Gasteiger partial charge >= 0.3 is 0 Å². The summed E-state index contributed by atoms with van der Waals surface area (Å²) in [6.07, 6.45) is 0. The first kappa shape index (κ1) is 15.2. The maximum atomic E-state index is 14.1. The van der Waals surface area contributed by atoms with Crippen LogP contribution in [0, 0.1) is 12.7 Å². The van der Waals surface area contributed by atoms with Crippen LogP contribution in [-0.4, -0.2) is 19.4 Å². The van der Waals surface area contributed by atoms with Gasteiger partial charge in [0, 0.05) is 5.56 Å². The fourth-order valence-corrected chi connectivity index (χ4v) is 2.07. The second-order valence-electron chi connectivity index (χ2n) is 4.83. The molecule has 0 radical (unpaired) electrons. The number of ketones is 1. The highest BCUT2D eigenvalue weighted by molar-refractivity contribution is 5.98. The molecule has 0 aromatic heterocycles. The summed E-state index contributed by atoms with van der Waals surface area (Å²) >= 11 is 0. The Bertz CT molecular complexity index is 603. The molecule has 0 bridgehead atoms. The predicted molar refractivity (Wildman–Crippen MR) is 80.2 cm³/mol. The van der Waals surface area contributed by atoms with Gasteiger partial charge in [0.1, 0.15) is 6.61 Å². The zero-order valence-corrected chi connectivity index (χ0v) is 12.2. The average Bonchev–Trinajstić information content (AvgIpc) is 2.47. The summed E-state index contributed by atoms with van der Waals surface area (Å²) in [5.41, 5.74) is 1.93. The molecular weight excluding hydrogens is 269 g/mol. The number of Topliss-reactive ketones (excluding diaryl/α,β-unsaturated/α-hetero) is 1. The summed E-state index contributed by atoms with van der Waals surface area (Å²) in [5, 5.41) is 2.76. The zero-order chi connectivity index (χ0) is 15.2. The third kappa shape index (κ3) is 3.89. The monoisotopic (exact) mass is 287 g/mol. The quantitative estimate of drug-likeness (QED) is 0.830. The number of carbonyl (C=O) groups is 1. The summed E-state index contributed by atoms with van der Waals surface area (Å²) in [6.45, 7) is 2.21. The Morgan fingerprint density at radius 3 is 2.57 bits per heavy atom. The van der Waals surface area contributed by atoms with Gasteiger partial charge in [0.15, 0.2) is 17.3 Å². The number of likely N-dealkylation sites (N-methyl/N-ethyl adjacent to an activating group) is 1. The molecule has 0 aliphatic heterocycles. The lowest BCUT2D eigenvalue weighted by Gasteiger charge is -2.12. The Balaban J connectivity index is 2.15. The SMILES string of the molecule is CNCC(=O)c1cc(C)c(OCc2ccccc2)c(F)c1. The largest absolute Gasteiger partial charge is 0.486 e. The van der Waals surface area contributed by atoms with Crippen LogP contribution in [0.4, 0.5) is 4.39 Å². The Labute approximate surface area is 123 Å². The Kier molecular flexibility index (Phi) is 5.06. The van der Waals surface area contributed by atoms with Crippen LogP contribution in [0.5, 0.6) is 5.75 Å². The molecule has 0 saturated heterocycles. The van der Waals surface area contributed by atoms with E-state index in [0.29, 0.717) is 17.7 Å². The molecule has 2 rings (SSSR count). The van der Waals surface area contributed by atoms with Gasteiger partial charge in [0.25, 0.3) is 0 Å². The maximum absolute atomic E-state index is 14.1.